The molecule has 3 N–H and O–H groups in total. The van der Waals surface area contributed by atoms with Crippen molar-refractivity contribution >= 4 is 29.0 Å². The fourth-order valence-electron chi connectivity index (χ4n) is 1.55. The first-order valence-corrected chi connectivity index (χ1v) is 6.33. The summed E-state index contributed by atoms with van der Waals surface area (Å²) in [6, 6.07) is 12.3. The van der Waals surface area contributed by atoms with Gasteiger partial charge in [0.2, 0.25) is 0 Å². The Morgan fingerprint density at radius 2 is 1.95 bits per heavy atom. The summed E-state index contributed by atoms with van der Waals surface area (Å²) in [5, 5.41) is 8.48. The molecule has 0 aliphatic carbocycles. The lowest BCUT2D eigenvalue weighted by molar-refractivity contribution is 0.306. The number of nitrogens with one attached hydrogen (secondary N) is 1. The van der Waals surface area contributed by atoms with E-state index in [9.17, 15) is 0 Å². The third kappa shape index (κ3) is 3.63. The number of hydrogen-bond acceptors (Lipinski definition) is 2. The Balaban J connectivity index is 2.10. The minimum Gasteiger partial charge on any atom is -0.489 e. The first-order chi connectivity index (χ1) is 9.06. The van der Waals surface area contributed by atoms with E-state index in [1.165, 1.54) is 0 Å². The number of ether oxygens (including phenoxy) is 1. The van der Waals surface area contributed by atoms with E-state index in [1.54, 1.807) is 30.3 Å². The number of benzene rings is 2. The Hall–Kier alpha value is -1.71. The van der Waals surface area contributed by atoms with E-state index in [-0.39, 0.29) is 5.84 Å². The van der Waals surface area contributed by atoms with Gasteiger partial charge in [-0.15, -0.1) is 0 Å². The highest BCUT2D eigenvalue weighted by molar-refractivity contribution is 6.31. The molecular formula is C14H12Cl2N2O. The van der Waals surface area contributed by atoms with Crippen molar-refractivity contribution < 1.29 is 4.74 Å². The average molecular weight is 295 g/mol. The van der Waals surface area contributed by atoms with Crippen molar-refractivity contribution in [3.63, 3.8) is 0 Å². The molecule has 98 valence electrons. The van der Waals surface area contributed by atoms with Gasteiger partial charge in [-0.1, -0.05) is 41.4 Å². The van der Waals surface area contributed by atoms with Crippen LogP contribution in [0.5, 0.6) is 5.75 Å². The van der Waals surface area contributed by atoms with Crippen molar-refractivity contribution in [1.29, 1.82) is 5.41 Å². The zero-order valence-corrected chi connectivity index (χ0v) is 11.5. The van der Waals surface area contributed by atoms with E-state index in [4.69, 9.17) is 39.1 Å². The fraction of sp³-hybridized carbons (Fsp3) is 0.0714. The zero-order chi connectivity index (χ0) is 13.8. The van der Waals surface area contributed by atoms with E-state index in [0.29, 0.717) is 28.0 Å². The van der Waals surface area contributed by atoms with Crippen molar-refractivity contribution in [2.75, 3.05) is 0 Å². The van der Waals surface area contributed by atoms with Crippen LogP contribution in [0.3, 0.4) is 0 Å². The predicted octanol–water partition coefficient (Wildman–Crippen LogP) is 3.86. The van der Waals surface area contributed by atoms with Gasteiger partial charge in [-0.2, -0.15) is 0 Å². The molecule has 0 radical (unpaired) electrons. The second-order valence-corrected chi connectivity index (χ2v) is 4.81. The van der Waals surface area contributed by atoms with Crippen LogP contribution < -0.4 is 10.5 Å². The predicted molar refractivity (Wildman–Crippen MR) is 78.3 cm³/mol. The first-order valence-electron chi connectivity index (χ1n) is 5.57. The maximum absolute atomic E-state index is 7.34. The minimum absolute atomic E-state index is 0.00999. The summed E-state index contributed by atoms with van der Waals surface area (Å²) in [6.45, 7) is 0.331. The summed E-state index contributed by atoms with van der Waals surface area (Å²) in [5.74, 6) is 0.670. The lowest BCUT2D eigenvalue weighted by atomic mass is 10.1. The number of rotatable bonds is 4. The molecule has 0 unspecified atom stereocenters. The van der Waals surface area contributed by atoms with Gasteiger partial charge >= 0.3 is 0 Å². The topological polar surface area (TPSA) is 59.1 Å². The molecule has 2 rings (SSSR count). The van der Waals surface area contributed by atoms with Gasteiger partial charge in [-0.05, 0) is 24.3 Å². The fourth-order valence-corrected chi connectivity index (χ4v) is 1.97. The number of nitrogen functional groups attached to an aromatic ring is 1. The number of halogens is 2. The van der Waals surface area contributed by atoms with Gasteiger partial charge in [-0.3, -0.25) is 5.41 Å². The maximum atomic E-state index is 7.34. The van der Waals surface area contributed by atoms with Gasteiger partial charge in [0.15, 0.2) is 0 Å². The van der Waals surface area contributed by atoms with E-state index >= 15 is 0 Å². The maximum Gasteiger partial charge on any atom is 0.122 e. The third-order valence-corrected chi connectivity index (χ3v) is 3.14. The van der Waals surface area contributed by atoms with Crippen LogP contribution in [0.2, 0.25) is 10.0 Å². The normalized spacial score (nSPS) is 10.2. The Bertz CT molecular complexity index is 614. The summed E-state index contributed by atoms with van der Waals surface area (Å²) >= 11 is 12.0. The van der Waals surface area contributed by atoms with Crippen LogP contribution in [-0.2, 0) is 6.61 Å². The summed E-state index contributed by atoms with van der Waals surface area (Å²) in [7, 11) is 0. The van der Waals surface area contributed by atoms with Gasteiger partial charge < -0.3 is 10.5 Å². The van der Waals surface area contributed by atoms with Gasteiger partial charge in [-0.25, -0.2) is 0 Å². The van der Waals surface area contributed by atoms with Crippen molar-refractivity contribution in [3.8, 4) is 5.75 Å². The molecule has 0 aromatic heterocycles. The minimum atomic E-state index is -0.00999. The molecule has 0 heterocycles. The van der Waals surface area contributed by atoms with Crippen LogP contribution >= 0.6 is 23.2 Å². The smallest absolute Gasteiger partial charge is 0.122 e. The molecule has 0 fully saturated rings. The van der Waals surface area contributed by atoms with Crippen LogP contribution in [0.15, 0.2) is 42.5 Å². The van der Waals surface area contributed by atoms with Crippen molar-refractivity contribution in [1.82, 2.24) is 0 Å². The monoisotopic (exact) mass is 294 g/mol. The molecule has 0 atom stereocenters. The van der Waals surface area contributed by atoms with Crippen LogP contribution in [0.1, 0.15) is 11.1 Å². The number of hydrogen-bond donors (Lipinski definition) is 2. The quantitative estimate of drug-likeness (QED) is 0.664. The number of amidine groups is 1. The Morgan fingerprint density at radius 1 is 1.16 bits per heavy atom. The van der Waals surface area contributed by atoms with E-state index in [1.807, 2.05) is 12.1 Å². The SMILES string of the molecule is N=C(N)c1ccc(COc2cccc(Cl)c2)c(Cl)c1. The molecule has 0 saturated heterocycles. The molecular weight excluding hydrogens is 283 g/mol. The van der Waals surface area contributed by atoms with Gasteiger partial charge in [0.05, 0.1) is 0 Å². The third-order valence-electron chi connectivity index (χ3n) is 2.55. The lowest BCUT2D eigenvalue weighted by Gasteiger charge is -2.09. The molecule has 0 amide bonds. The molecule has 0 aliphatic heterocycles. The second-order valence-electron chi connectivity index (χ2n) is 3.97. The highest BCUT2D eigenvalue weighted by Crippen LogP contribution is 2.22. The highest BCUT2D eigenvalue weighted by Gasteiger charge is 2.05. The second kappa shape index (κ2) is 5.95. The molecule has 0 aliphatic rings. The molecule has 19 heavy (non-hydrogen) atoms. The van der Waals surface area contributed by atoms with Crippen LogP contribution in [0, 0.1) is 5.41 Å². The molecule has 5 heteroatoms. The molecule has 2 aromatic rings. The number of nitrogens with two attached hydrogens (primary N) is 1. The average Bonchev–Trinajstić information content (AvgIpc) is 2.37. The van der Waals surface area contributed by atoms with Crippen LogP contribution in [0.25, 0.3) is 0 Å². The largest absolute Gasteiger partial charge is 0.489 e. The Morgan fingerprint density at radius 3 is 2.58 bits per heavy atom. The summed E-state index contributed by atoms with van der Waals surface area (Å²) in [6.07, 6.45) is 0. The highest BCUT2D eigenvalue weighted by atomic mass is 35.5. The molecule has 2 aromatic carbocycles. The standard InChI is InChI=1S/C14H12Cl2N2O/c15-11-2-1-3-12(7-11)19-8-10-5-4-9(14(17)18)6-13(10)16/h1-7H,8H2,(H3,17,18). The summed E-state index contributed by atoms with van der Waals surface area (Å²) in [4.78, 5) is 0. The van der Waals surface area contributed by atoms with Gasteiger partial charge in [0, 0.05) is 21.2 Å². The summed E-state index contributed by atoms with van der Waals surface area (Å²) < 4.78 is 5.60. The van der Waals surface area contributed by atoms with E-state index in [0.717, 1.165) is 5.56 Å². The van der Waals surface area contributed by atoms with Crippen LogP contribution in [0.4, 0.5) is 0 Å². The van der Waals surface area contributed by atoms with Crippen LogP contribution in [-0.4, -0.2) is 5.84 Å². The zero-order valence-electron chi connectivity index (χ0n) is 9.99. The van der Waals surface area contributed by atoms with E-state index in [2.05, 4.69) is 0 Å². The van der Waals surface area contributed by atoms with Gasteiger partial charge in [0.25, 0.3) is 0 Å². The summed E-state index contributed by atoms with van der Waals surface area (Å²) in [5.41, 5.74) is 6.81. The molecule has 3 nitrogen and oxygen atoms in total. The van der Waals surface area contributed by atoms with Gasteiger partial charge in [0.1, 0.15) is 18.2 Å². The van der Waals surface area contributed by atoms with Crippen molar-refractivity contribution in [2.45, 2.75) is 6.61 Å². The Labute approximate surface area is 121 Å². The van der Waals surface area contributed by atoms with Crippen molar-refractivity contribution in [3.05, 3.63) is 63.6 Å². The lowest BCUT2D eigenvalue weighted by Crippen LogP contribution is -2.11. The molecule has 0 bridgehead atoms. The first kappa shape index (κ1) is 13.7. The Kier molecular flexibility index (Phi) is 4.30. The van der Waals surface area contributed by atoms with Crippen molar-refractivity contribution in [2.24, 2.45) is 5.73 Å². The molecule has 0 saturated carbocycles. The van der Waals surface area contributed by atoms with E-state index < -0.39 is 0 Å². The molecule has 0 spiro atoms.